The summed E-state index contributed by atoms with van der Waals surface area (Å²) in [6, 6.07) is 10.2. The number of nitrogens with zero attached hydrogens (tertiary/aromatic N) is 3. The van der Waals surface area contributed by atoms with E-state index < -0.39 is 0 Å². The molecule has 5 nitrogen and oxygen atoms in total. The van der Waals surface area contributed by atoms with Gasteiger partial charge in [0.25, 0.3) is 0 Å². The van der Waals surface area contributed by atoms with Crippen LogP contribution in [-0.2, 0) is 13.1 Å². The van der Waals surface area contributed by atoms with Crippen molar-refractivity contribution >= 4 is 6.03 Å². The molecule has 0 radical (unpaired) electrons. The third kappa shape index (κ3) is 4.16. The third-order valence-electron chi connectivity index (χ3n) is 4.60. The monoisotopic (exact) mass is 326 g/mol. The first-order valence-corrected chi connectivity index (χ1v) is 8.69. The smallest absolute Gasteiger partial charge is 0.317 e. The Hall–Kier alpha value is -2.30. The maximum atomic E-state index is 12.5. The first kappa shape index (κ1) is 16.6. The average molecular weight is 326 g/mol. The number of nitrogens with one attached hydrogen (secondary N) is 1. The summed E-state index contributed by atoms with van der Waals surface area (Å²) in [7, 11) is 0. The van der Waals surface area contributed by atoms with Crippen molar-refractivity contribution in [1.82, 2.24) is 20.0 Å². The molecular weight excluding hydrogens is 300 g/mol. The van der Waals surface area contributed by atoms with E-state index in [1.807, 2.05) is 34.0 Å². The quantitative estimate of drug-likeness (QED) is 0.938. The molecule has 1 saturated heterocycles. The van der Waals surface area contributed by atoms with Crippen molar-refractivity contribution in [3.8, 4) is 0 Å². The highest BCUT2D eigenvalue weighted by molar-refractivity contribution is 5.74. The van der Waals surface area contributed by atoms with Crippen molar-refractivity contribution in [2.75, 3.05) is 13.1 Å². The van der Waals surface area contributed by atoms with Crippen LogP contribution in [0.2, 0.25) is 0 Å². The molecule has 1 aliphatic rings. The lowest BCUT2D eigenvalue weighted by Gasteiger charge is -2.35. The number of hydrogen-bond acceptors (Lipinski definition) is 2. The van der Waals surface area contributed by atoms with Crippen LogP contribution in [0.25, 0.3) is 0 Å². The van der Waals surface area contributed by atoms with E-state index in [2.05, 4.69) is 36.4 Å². The molecule has 1 aromatic heterocycles. The van der Waals surface area contributed by atoms with Gasteiger partial charge in [0.05, 0.1) is 6.54 Å². The standard InChI is InChI=1S/C19H26N4O/c1-15-10-16(2)13-22(12-15)19(24)20-11-17-6-3-4-7-18(17)14-23-9-5-8-21-23/h3-9,15-16H,10-14H2,1-2H3,(H,20,24). The Kier molecular flexibility index (Phi) is 5.18. The number of benzene rings is 1. The Morgan fingerprint density at radius 2 is 1.88 bits per heavy atom. The number of aromatic nitrogens is 2. The number of urea groups is 1. The molecule has 1 fully saturated rings. The zero-order valence-corrected chi connectivity index (χ0v) is 14.5. The van der Waals surface area contributed by atoms with Gasteiger partial charge in [0, 0.05) is 32.0 Å². The van der Waals surface area contributed by atoms with Crippen molar-refractivity contribution in [3.63, 3.8) is 0 Å². The molecule has 0 bridgehead atoms. The van der Waals surface area contributed by atoms with E-state index in [-0.39, 0.29) is 6.03 Å². The van der Waals surface area contributed by atoms with Crippen LogP contribution in [0, 0.1) is 11.8 Å². The van der Waals surface area contributed by atoms with Crippen molar-refractivity contribution in [1.29, 1.82) is 0 Å². The van der Waals surface area contributed by atoms with Gasteiger partial charge in [0.15, 0.2) is 0 Å². The molecule has 0 saturated carbocycles. The van der Waals surface area contributed by atoms with Crippen LogP contribution in [0.1, 0.15) is 31.4 Å². The van der Waals surface area contributed by atoms with Crippen LogP contribution in [0.4, 0.5) is 4.79 Å². The second-order valence-electron chi connectivity index (χ2n) is 6.98. The molecule has 5 heteroatoms. The van der Waals surface area contributed by atoms with E-state index in [4.69, 9.17) is 0 Å². The Morgan fingerprint density at radius 1 is 1.17 bits per heavy atom. The summed E-state index contributed by atoms with van der Waals surface area (Å²) in [5, 5.41) is 7.35. The maximum absolute atomic E-state index is 12.5. The number of rotatable bonds is 4. The average Bonchev–Trinajstić information content (AvgIpc) is 3.06. The molecule has 2 atom stereocenters. The highest BCUT2D eigenvalue weighted by Crippen LogP contribution is 2.21. The minimum absolute atomic E-state index is 0.0438. The van der Waals surface area contributed by atoms with Crippen molar-refractivity contribution in [3.05, 3.63) is 53.9 Å². The highest BCUT2D eigenvalue weighted by atomic mass is 16.2. The summed E-state index contributed by atoms with van der Waals surface area (Å²) in [6.45, 7) is 7.41. The predicted octanol–water partition coefficient (Wildman–Crippen LogP) is 3.12. The number of hydrogen-bond donors (Lipinski definition) is 1. The lowest BCUT2D eigenvalue weighted by Crippen LogP contribution is -2.47. The summed E-state index contributed by atoms with van der Waals surface area (Å²) in [6.07, 6.45) is 4.94. The predicted molar refractivity (Wildman–Crippen MR) is 94.5 cm³/mol. The fraction of sp³-hybridized carbons (Fsp3) is 0.474. The van der Waals surface area contributed by atoms with Gasteiger partial charge in [0.1, 0.15) is 0 Å². The first-order valence-electron chi connectivity index (χ1n) is 8.69. The van der Waals surface area contributed by atoms with Gasteiger partial charge in [-0.1, -0.05) is 38.1 Å². The maximum Gasteiger partial charge on any atom is 0.317 e. The Bertz CT molecular complexity index is 658. The fourth-order valence-corrected chi connectivity index (χ4v) is 3.56. The Labute approximate surface area is 143 Å². The lowest BCUT2D eigenvalue weighted by atomic mass is 9.92. The minimum atomic E-state index is 0.0438. The second-order valence-corrected chi connectivity index (χ2v) is 6.98. The Morgan fingerprint density at radius 3 is 2.54 bits per heavy atom. The molecule has 2 aromatic rings. The van der Waals surface area contributed by atoms with Crippen molar-refractivity contribution in [2.24, 2.45) is 11.8 Å². The van der Waals surface area contributed by atoms with Crippen LogP contribution in [0.15, 0.2) is 42.7 Å². The van der Waals surface area contributed by atoms with E-state index in [0.717, 1.165) is 25.2 Å². The molecule has 2 amide bonds. The van der Waals surface area contributed by atoms with Gasteiger partial charge in [-0.25, -0.2) is 4.79 Å². The van der Waals surface area contributed by atoms with Gasteiger partial charge in [-0.05, 0) is 35.4 Å². The third-order valence-corrected chi connectivity index (χ3v) is 4.60. The molecule has 24 heavy (non-hydrogen) atoms. The van der Waals surface area contributed by atoms with Crippen LogP contribution in [0.3, 0.4) is 0 Å². The zero-order chi connectivity index (χ0) is 16.9. The second kappa shape index (κ2) is 7.51. The summed E-state index contributed by atoms with van der Waals surface area (Å²) in [4.78, 5) is 14.4. The molecule has 2 heterocycles. The van der Waals surface area contributed by atoms with Gasteiger partial charge in [-0.2, -0.15) is 5.10 Å². The fourth-order valence-electron chi connectivity index (χ4n) is 3.56. The SMILES string of the molecule is CC1CC(C)CN(C(=O)NCc2ccccc2Cn2cccn2)C1. The normalized spacial score (nSPS) is 20.8. The molecule has 128 valence electrons. The topological polar surface area (TPSA) is 50.2 Å². The molecule has 3 rings (SSSR count). The van der Waals surface area contributed by atoms with E-state index in [9.17, 15) is 4.79 Å². The summed E-state index contributed by atoms with van der Waals surface area (Å²) in [5.41, 5.74) is 2.32. The Balaban J connectivity index is 1.61. The minimum Gasteiger partial charge on any atom is -0.334 e. The van der Waals surface area contributed by atoms with Crippen molar-refractivity contribution in [2.45, 2.75) is 33.4 Å². The number of amides is 2. The largest absolute Gasteiger partial charge is 0.334 e. The highest BCUT2D eigenvalue weighted by Gasteiger charge is 2.25. The number of carbonyl (C=O) groups excluding carboxylic acids is 1. The molecular formula is C19H26N4O. The van der Waals surface area contributed by atoms with E-state index >= 15 is 0 Å². The van der Waals surface area contributed by atoms with Crippen LogP contribution < -0.4 is 5.32 Å². The number of likely N-dealkylation sites (tertiary alicyclic amines) is 1. The number of carbonyl (C=O) groups is 1. The lowest BCUT2D eigenvalue weighted by molar-refractivity contribution is 0.146. The van der Waals surface area contributed by atoms with Gasteiger partial charge >= 0.3 is 6.03 Å². The van der Waals surface area contributed by atoms with Crippen molar-refractivity contribution < 1.29 is 4.79 Å². The zero-order valence-electron chi connectivity index (χ0n) is 14.5. The summed E-state index contributed by atoms with van der Waals surface area (Å²) < 4.78 is 1.90. The van der Waals surface area contributed by atoms with Gasteiger partial charge in [0.2, 0.25) is 0 Å². The summed E-state index contributed by atoms with van der Waals surface area (Å²) >= 11 is 0. The van der Waals surface area contributed by atoms with E-state index in [1.54, 1.807) is 6.20 Å². The molecule has 1 aromatic carbocycles. The van der Waals surface area contributed by atoms with E-state index in [0.29, 0.717) is 18.4 Å². The molecule has 1 aliphatic heterocycles. The van der Waals surface area contributed by atoms with Crippen LogP contribution in [0.5, 0.6) is 0 Å². The molecule has 0 aliphatic carbocycles. The molecule has 1 N–H and O–H groups in total. The van der Waals surface area contributed by atoms with Gasteiger partial charge in [-0.3, -0.25) is 4.68 Å². The van der Waals surface area contributed by atoms with Crippen LogP contribution in [-0.4, -0.2) is 33.8 Å². The first-order chi connectivity index (χ1) is 11.6. The summed E-state index contributed by atoms with van der Waals surface area (Å²) in [5.74, 6) is 1.15. The van der Waals surface area contributed by atoms with Crippen LogP contribution >= 0.6 is 0 Å². The van der Waals surface area contributed by atoms with Gasteiger partial charge < -0.3 is 10.2 Å². The van der Waals surface area contributed by atoms with E-state index in [1.165, 1.54) is 12.0 Å². The van der Waals surface area contributed by atoms with Gasteiger partial charge in [-0.15, -0.1) is 0 Å². The molecule has 0 spiro atoms. The molecule has 2 unspecified atom stereocenters. The number of piperidine rings is 1.